The highest BCUT2D eigenvalue weighted by Gasteiger charge is 2.17. The van der Waals surface area contributed by atoms with Crippen LogP contribution in [0.5, 0.6) is 0 Å². The topological polar surface area (TPSA) is 70.7 Å². The number of benzene rings is 1. The van der Waals surface area contributed by atoms with Crippen LogP contribution in [0.1, 0.15) is 50.4 Å². The molecule has 6 nitrogen and oxygen atoms in total. The van der Waals surface area contributed by atoms with Gasteiger partial charge in [0.1, 0.15) is 5.60 Å². The second-order valence-corrected chi connectivity index (χ2v) is 6.69. The standard InChI is InChI=1S/C17H25N3O3/c1-17(2,3)23-16(22)18-14-9-7-13(8-10-14)15(21)19-20-11-5-4-6-12-20/h7-10H,4-6,11-12H2,1-3H3,(H,18,22)(H,19,21). The predicted molar refractivity (Wildman–Crippen MR) is 89.2 cm³/mol. The summed E-state index contributed by atoms with van der Waals surface area (Å²) in [7, 11) is 0. The number of amides is 2. The summed E-state index contributed by atoms with van der Waals surface area (Å²) in [5.74, 6) is -0.129. The van der Waals surface area contributed by atoms with E-state index in [0.717, 1.165) is 25.9 Å². The average Bonchev–Trinajstić information content (AvgIpc) is 2.47. The van der Waals surface area contributed by atoms with Crippen molar-refractivity contribution < 1.29 is 14.3 Å². The molecule has 23 heavy (non-hydrogen) atoms. The van der Waals surface area contributed by atoms with Gasteiger partial charge in [0.15, 0.2) is 0 Å². The molecule has 2 amide bonds. The van der Waals surface area contributed by atoms with E-state index >= 15 is 0 Å². The molecule has 0 atom stereocenters. The first-order chi connectivity index (χ1) is 10.8. The number of hydrogen-bond donors (Lipinski definition) is 2. The molecule has 0 aliphatic carbocycles. The molecule has 2 rings (SSSR count). The Hall–Kier alpha value is -2.08. The summed E-state index contributed by atoms with van der Waals surface area (Å²) in [6.07, 6.45) is 2.93. The average molecular weight is 319 g/mol. The van der Waals surface area contributed by atoms with Crippen LogP contribution in [0, 0.1) is 0 Å². The summed E-state index contributed by atoms with van der Waals surface area (Å²) in [5, 5.41) is 4.60. The van der Waals surface area contributed by atoms with Crippen molar-refractivity contribution in [2.24, 2.45) is 0 Å². The smallest absolute Gasteiger partial charge is 0.412 e. The zero-order chi connectivity index (χ0) is 16.9. The van der Waals surface area contributed by atoms with Gasteiger partial charge in [0.2, 0.25) is 0 Å². The molecule has 2 N–H and O–H groups in total. The zero-order valence-electron chi connectivity index (χ0n) is 14.0. The minimum atomic E-state index is -0.543. The van der Waals surface area contributed by atoms with Crippen LogP contribution >= 0.6 is 0 Å². The molecule has 0 bridgehead atoms. The van der Waals surface area contributed by atoms with E-state index in [1.54, 1.807) is 45.0 Å². The number of piperidine rings is 1. The fourth-order valence-corrected chi connectivity index (χ4v) is 2.34. The number of rotatable bonds is 3. The van der Waals surface area contributed by atoms with Gasteiger partial charge in [0.25, 0.3) is 5.91 Å². The third-order valence-corrected chi connectivity index (χ3v) is 3.41. The Kier molecular flexibility index (Phi) is 5.60. The summed E-state index contributed by atoms with van der Waals surface area (Å²) in [6, 6.07) is 6.75. The van der Waals surface area contributed by atoms with Gasteiger partial charge in [-0.15, -0.1) is 0 Å². The Balaban J connectivity index is 1.88. The summed E-state index contributed by atoms with van der Waals surface area (Å²) < 4.78 is 5.18. The third kappa shape index (κ3) is 5.90. The van der Waals surface area contributed by atoms with Crippen molar-refractivity contribution in [2.75, 3.05) is 18.4 Å². The van der Waals surface area contributed by atoms with Gasteiger partial charge >= 0.3 is 6.09 Å². The highest BCUT2D eigenvalue weighted by Crippen LogP contribution is 2.13. The van der Waals surface area contributed by atoms with Crippen LogP contribution < -0.4 is 10.7 Å². The number of hydrogen-bond acceptors (Lipinski definition) is 4. The highest BCUT2D eigenvalue weighted by molar-refractivity contribution is 5.94. The molecule has 1 saturated heterocycles. The molecule has 0 unspecified atom stereocenters. The predicted octanol–water partition coefficient (Wildman–Crippen LogP) is 3.16. The molecule has 6 heteroatoms. The van der Waals surface area contributed by atoms with E-state index in [1.807, 2.05) is 5.01 Å². The second kappa shape index (κ2) is 7.46. The molecular formula is C17H25N3O3. The molecule has 1 aliphatic rings. The van der Waals surface area contributed by atoms with E-state index in [9.17, 15) is 9.59 Å². The Labute approximate surface area is 137 Å². The molecule has 1 aromatic rings. The summed E-state index contributed by atoms with van der Waals surface area (Å²) in [4.78, 5) is 23.9. The molecule has 0 radical (unpaired) electrons. The maximum absolute atomic E-state index is 12.2. The minimum absolute atomic E-state index is 0.129. The number of nitrogens with zero attached hydrogens (tertiary/aromatic N) is 1. The molecule has 1 fully saturated rings. The maximum atomic E-state index is 12.2. The van der Waals surface area contributed by atoms with Gasteiger partial charge in [-0.05, 0) is 57.9 Å². The molecule has 0 saturated carbocycles. The quantitative estimate of drug-likeness (QED) is 0.898. The molecule has 0 aromatic heterocycles. The Morgan fingerprint density at radius 1 is 1.04 bits per heavy atom. The first kappa shape index (κ1) is 17.3. The van der Waals surface area contributed by atoms with Crippen molar-refractivity contribution in [1.29, 1.82) is 0 Å². The van der Waals surface area contributed by atoms with Gasteiger partial charge in [-0.2, -0.15) is 0 Å². The van der Waals surface area contributed by atoms with E-state index < -0.39 is 11.7 Å². The van der Waals surface area contributed by atoms with Gasteiger partial charge < -0.3 is 4.74 Å². The number of ether oxygens (including phenoxy) is 1. The van der Waals surface area contributed by atoms with E-state index in [2.05, 4.69) is 10.7 Å². The van der Waals surface area contributed by atoms with E-state index in [-0.39, 0.29) is 5.91 Å². The zero-order valence-corrected chi connectivity index (χ0v) is 14.0. The van der Waals surface area contributed by atoms with Crippen LogP contribution in [-0.2, 0) is 4.74 Å². The van der Waals surface area contributed by atoms with Crippen molar-refractivity contribution >= 4 is 17.7 Å². The van der Waals surface area contributed by atoms with Gasteiger partial charge in [0, 0.05) is 24.3 Å². The SMILES string of the molecule is CC(C)(C)OC(=O)Nc1ccc(C(=O)NN2CCCCC2)cc1. The number of anilines is 1. The fourth-order valence-electron chi connectivity index (χ4n) is 2.34. The van der Waals surface area contributed by atoms with Crippen LogP contribution in [0.15, 0.2) is 24.3 Å². The Bertz CT molecular complexity index is 543. The van der Waals surface area contributed by atoms with Crippen LogP contribution in [0.25, 0.3) is 0 Å². The lowest BCUT2D eigenvalue weighted by molar-refractivity contribution is 0.0635. The summed E-state index contributed by atoms with van der Waals surface area (Å²) in [6.45, 7) is 7.20. The second-order valence-electron chi connectivity index (χ2n) is 6.69. The largest absolute Gasteiger partial charge is 0.444 e. The van der Waals surface area contributed by atoms with Crippen LogP contribution in [-0.4, -0.2) is 35.7 Å². The van der Waals surface area contributed by atoms with Gasteiger partial charge in [-0.25, -0.2) is 9.80 Å². The molecule has 0 spiro atoms. The lowest BCUT2D eigenvalue weighted by atomic mass is 10.1. The van der Waals surface area contributed by atoms with E-state index in [4.69, 9.17) is 4.74 Å². The van der Waals surface area contributed by atoms with Crippen molar-refractivity contribution in [3.63, 3.8) is 0 Å². The molecular weight excluding hydrogens is 294 g/mol. The van der Waals surface area contributed by atoms with Gasteiger partial charge in [0.05, 0.1) is 0 Å². The number of carbonyl (C=O) groups excluding carboxylic acids is 2. The summed E-state index contributed by atoms with van der Waals surface area (Å²) in [5.41, 5.74) is 3.52. The monoisotopic (exact) mass is 319 g/mol. The first-order valence-corrected chi connectivity index (χ1v) is 7.99. The maximum Gasteiger partial charge on any atom is 0.412 e. The fraction of sp³-hybridized carbons (Fsp3) is 0.529. The van der Waals surface area contributed by atoms with Gasteiger partial charge in [-0.1, -0.05) is 6.42 Å². The van der Waals surface area contributed by atoms with Crippen molar-refractivity contribution in [1.82, 2.24) is 10.4 Å². The van der Waals surface area contributed by atoms with Crippen molar-refractivity contribution in [2.45, 2.75) is 45.6 Å². The van der Waals surface area contributed by atoms with Crippen molar-refractivity contribution in [3.05, 3.63) is 29.8 Å². The molecule has 1 aliphatic heterocycles. The minimum Gasteiger partial charge on any atom is -0.444 e. The number of carbonyl (C=O) groups is 2. The highest BCUT2D eigenvalue weighted by atomic mass is 16.6. The van der Waals surface area contributed by atoms with Gasteiger partial charge in [-0.3, -0.25) is 15.5 Å². The summed E-state index contributed by atoms with van der Waals surface area (Å²) >= 11 is 0. The van der Waals surface area contributed by atoms with Crippen LogP contribution in [0.4, 0.5) is 10.5 Å². The first-order valence-electron chi connectivity index (χ1n) is 7.99. The van der Waals surface area contributed by atoms with Crippen molar-refractivity contribution in [3.8, 4) is 0 Å². The lowest BCUT2D eigenvalue weighted by Gasteiger charge is -2.26. The molecule has 126 valence electrons. The van der Waals surface area contributed by atoms with E-state index in [0.29, 0.717) is 11.3 Å². The number of nitrogens with one attached hydrogen (secondary N) is 2. The van der Waals surface area contributed by atoms with Crippen LogP contribution in [0.2, 0.25) is 0 Å². The third-order valence-electron chi connectivity index (χ3n) is 3.41. The normalized spacial score (nSPS) is 15.8. The van der Waals surface area contributed by atoms with E-state index in [1.165, 1.54) is 6.42 Å². The Morgan fingerprint density at radius 3 is 2.22 bits per heavy atom. The number of hydrazine groups is 1. The lowest BCUT2D eigenvalue weighted by Crippen LogP contribution is -2.45. The molecule has 1 heterocycles. The Morgan fingerprint density at radius 2 is 1.65 bits per heavy atom. The molecule has 1 aromatic carbocycles. The van der Waals surface area contributed by atoms with Crippen LogP contribution in [0.3, 0.4) is 0 Å².